The van der Waals surface area contributed by atoms with Gasteiger partial charge in [0.05, 0.1) is 16.9 Å². The van der Waals surface area contributed by atoms with Gasteiger partial charge >= 0.3 is 5.97 Å². The van der Waals surface area contributed by atoms with Gasteiger partial charge in [-0.3, -0.25) is 4.79 Å². The minimum Gasteiger partial charge on any atom is -0.488 e. The van der Waals surface area contributed by atoms with Gasteiger partial charge in [0.2, 0.25) is 0 Å². The number of halogens is 1. The Labute approximate surface area is 194 Å². The highest BCUT2D eigenvalue weighted by Gasteiger charge is 2.19. The fraction of sp³-hybridized carbons (Fsp3) is 0.167. The second-order valence-corrected chi connectivity index (χ2v) is 7.61. The second-order valence-electron chi connectivity index (χ2n) is 7.25. The maximum Gasteiger partial charge on any atom is 0.342 e. The van der Waals surface area contributed by atoms with Crippen LogP contribution in [0.2, 0.25) is 5.15 Å². The van der Waals surface area contributed by atoms with Crippen molar-refractivity contribution in [3.05, 3.63) is 82.5 Å². The molecule has 4 rings (SSSR count). The van der Waals surface area contributed by atoms with Crippen LogP contribution in [0, 0.1) is 13.8 Å². The monoisotopic (exact) mass is 465 g/mol. The van der Waals surface area contributed by atoms with E-state index in [0.717, 1.165) is 16.3 Å². The average molecular weight is 466 g/mol. The van der Waals surface area contributed by atoms with Crippen molar-refractivity contribution in [1.82, 2.24) is 10.1 Å². The summed E-state index contributed by atoms with van der Waals surface area (Å²) < 4.78 is 16.4. The predicted molar refractivity (Wildman–Crippen MR) is 122 cm³/mol. The Kier molecular flexibility index (Phi) is 6.55. The van der Waals surface area contributed by atoms with Crippen LogP contribution in [0.1, 0.15) is 27.4 Å². The first kappa shape index (κ1) is 22.3. The van der Waals surface area contributed by atoms with E-state index in [1.54, 1.807) is 31.2 Å². The number of hydrogen-bond donors (Lipinski definition) is 1. The molecule has 0 atom stereocenters. The van der Waals surface area contributed by atoms with Crippen molar-refractivity contribution in [1.29, 1.82) is 0 Å². The molecule has 0 aliphatic carbocycles. The Morgan fingerprint density at radius 3 is 2.55 bits per heavy atom. The minimum atomic E-state index is -0.693. The van der Waals surface area contributed by atoms with Crippen molar-refractivity contribution in [2.75, 3.05) is 11.9 Å². The fourth-order valence-electron chi connectivity index (χ4n) is 3.23. The lowest BCUT2D eigenvalue weighted by molar-refractivity contribution is -0.119. The van der Waals surface area contributed by atoms with E-state index in [2.05, 4.69) is 15.5 Å². The molecule has 0 radical (unpaired) electrons. The van der Waals surface area contributed by atoms with E-state index in [1.807, 2.05) is 31.2 Å². The number of ether oxygens (including phenoxy) is 2. The normalized spacial score (nSPS) is 10.8. The molecule has 9 heteroatoms. The standard InChI is InChI=1S/C24H20ClN3O5/c1-14-19(15(2)33-28-14)12-31-21-11-17-7-4-3-6-16(17)10-18(21)24(30)32-13-22(29)27-20-8-5-9-26-23(20)25/h3-11H,12-13H2,1-2H3,(H,27,29). The maximum atomic E-state index is 12.9. The molecule has 2 aromatic heterocycles. The summed E-state index contributed by atoms with van der Waals surface area (Å²) in [4.78, 5) is 29.0. The Morgan fingerprint density at radius 2 is 1.85 bits per heavy atom. The summed E-state index contributed by atoms with van der Waals surface area (Å²) in [6.45, 7) is 3.28. The van der Waals surface area contributed by atoms with E-state index in [-0.39, 0.29) is 17.3 Å². The summed E-state index contributed by atoms with van der Waals surface area (Å²) in [6.07, 6.45) is 1.50. The minimum absolute atomic E-state index is 0.140. The lowest BCUT2D eigenvalue weighted by Crippen LogP contribution is -2.21. The van der Waals surface area contributed by atoms with Gasteiger partial charge < -0.3 is 19.3 Å². The maximum absolute atomic E-state index is 12.9. The highest BCUT2D eigenvalue weighted by atomic mass is 35.5. The molecule has 1 amide bonds. The summed E-state index contributed by atoms with van der Waals surface area (Å²) in [7, 11) is 0. The van der Waals surface area contributed by atoms with Crippen LogP contribution in [-0.4, -0.2) is 28.6 Å². The first-order chi connectivity index (χ1) is 15.9. The van der Waals surface area contributed by atoms with Crippen LogP contribution in [0.25, 0.3) is 10.8 Å². The van der Waals surface area contributed by atoms with Crippen LogP contribution in [0.15, 0.2) is 59.3 Å². The number of carbonyl (C=O) groups excluding carboxylic acids is 2. The largest absolute Gasteiger partial charge is 0.488 e. The Bertz CT molecular complexity index is 1320. The SMILES string of the molecule is Cc1noc(C)c1COc1cc2ccccc2cc1C(=O)OCC(=O)Nc1cccnc1Cl. The number of nitrogens with zero attached hydrogens (tertiary/aromatic N) is 2. The van der Waals surface area contributed by atoms with Crippen LogP contribution >= 0.6 is 11.6 Å². The van der Waals surface area contributed by atoms with Crippen molar-refractivity contribution >= 4 is 39.9 Å². The molecule has 0 unspecified atom stereocenters. The number of aromatic nitrogens is 2. The highest BCUT2D eigenvalue weighted by molar-refractivity contribution is 6.32. The third-order valence-electron chi connectivity index (χ3n) is 4.99. The zero-order valence-corrected chi connectivity index (χ0v) is 18.7. The topological polar surface area (TPSA) is 104 Å². The Hall–Kier alpha value is -3.91. The second kappa shape index (κ2) is 9.70. The van der Waals surface area contributed by atoms with E-state index >= 15 is 0 Å². The molecule has 4 aromatic rings. The van der Waals surface area contributed by atoms with Crippen molar-refractivity contribution < 1.29 is 23.6 Å². The van der Waals surface area contributed by atoms with Crippen LogP contribution in [-0.2, 0) is 16.1 Å². The van der Waals surface area contributed by atoms with Crippen molar-refractivity contribution in [3.63, 3.8) is 0 Å². The molecule has 0 bridgehead atoms. The summed E-state index contributed by atoms with van der Waals surface area (Å²) in [6, 6.07) is 14.2. The molecule has 0 aliphatic rings. The van der Waals surface area contributed by atoms with E-state index in [9.17, 15) is 9.59 Å². The molecule has 2 aromatic carbocycles. The number of benzene rings is 2. The quantitative estimate of drug-likeness (QED) is 0.307. The molecule has 0 aliphatic heterocycles. The number of fused-ring (bicyclic) bond motifs is 1. The van der Waals surface area contributed by atoms with E-state index < -0.39 is 18.5 Å². The van der Waals surface area contributed by atoms with Crippen LogP contribution < -0.4 is 10.1 Å². The number of hydrogen-bond acceptors (Lipinski definition) is 7. The number of anilines is 1. The van der Waals surface area contributed by atoms with Gasteiger partial charge in [0.15, 0.2) is 11.8 Å². The zero-order valence-electron chi connectivity index (χ0n) is 17.9. The summed E-state index contributed by atoms with van der Waals surface area (Å²) in [5.41, 5.74) is 2.04. The number of carbonyl (C=O) groups is 2. The molecule has 168 valence electrons. The Morgan fingerprint density at radius 1 is 1.09 bits per heavy atom. The van der Waals surface area contributed by atoms with Gasteiger partial charge in [-0.05, 0) is 48.9 Å². The molecular weight excluding hydrogens is 446 g/mol. The van der Waals surface area contributed by atoms with Crippen LogP contribution in [0.4, 0.5) is 5.69 Å². The smallest absolute Gasteiger partial charge is 0.342 e. The number of rotatable bonds is 7. The van der Waals surface area contributed by atoms with Gasteiger partial charge in [-0.1, -0.05) is 41.0 Å². The average Bonchev–Trinajstić information content (AvgIpc) is 3.14. The zero-order chi connectivity index (χ0) is 23.4. The van der Waals surface area contributed by atoms with Gasteiger partial charge in [-0.25, -0.2) is 9.78 Å². The molecule has 33 heavy (non-hydrogen) atoms. The third kappa shape index (κ3) is 5.12. The van der Waals surface area contributed by atoms with E-state index in [1.165, 1.54) is 6.20 Å². The molecule has 2 heterocycles. The van der Waals surface area contributed by atoms with Crippen molar-refractivity contribution in [2.45, 2.75) is 20.5 Å². The summed E-state index contributed by atoms with van der Waals surface area (Å²) >= 11 is 5.94. The summed E-state index contributed by atoms with van der Waals surface area (Å²) in [5, 5.41) is 8.35. The molecule has 0 saturated carbocycles. The molecule has 1 N–H and O–H groups in total. The van der Waals surface area contributed by atoms with Gasteiger partial charge in [0, 0.05) is 6.20 Å². The van der Waals surface area contributed by atoms with E-state index in [4.69, 9.17) is 25.6 Å². The molecule has 0 saturated heterocycles. The van der Waals surface area contributed by atoms with E-state index in [0.29, 0.717) is 22.9 Å². The Balaban J connectivity index is 1.52. The number of nitrogens with one attached hydrogen (secondary N) is 1. The van der Waals surface area contributed by atoms with Crippen LogP contribution in [0.5, 0.6) is 5.75 Å². The summed E-state index contributed by atoms with van der Waals surface area (Å²) in [5.74, 6) is -0.267. The predicted octanol–water partition coefficient (Wildman–Crippen LogP) is 4.87. The molecule has 0 spiro atoms. The fourth-order valence-corrected chi connectivity index (χ4v) is 3.40. The lowest BCUT2D eigenvalue weighted by atomic mass is 10.1. The molecule has 0 fully saturated rings. The van der Waals surface area contributed by atoms with Gasteiger partial charge in [0.1, 0.15) is 23.7 Å². The third-order valence-corrected chi connectivity index (χ3v) is 5.29. The lowest BCUT2D eigenvalue weighted by Gasteiger charge is -2.13. The van der Waals surface area contributed by atoms with Gasteiger partial charge in [-0.15, -0.1) is 0 Å². The van der Waals surface area contributed by atoms with Gasteiger partial charge in [-0.2, -0.15) is 0 Å². The van der Waals surface area contributed by atoms with Crippen molar-refractivity contribution in [2.24, 2.45) is 0 Å². The van der Waals surface area contributed by atoms with Crippen LogP contribution in [0.3, 0.4) is 0 Å². The molecular formula is C24H20ClN3O5. The number of esters is 1. The number of aryl methyl sites for hydroxylation is 2. The van der Waals surface area contributed by atoms with Crippen molar-refractivity contribution in [3.8, 4) is 5.75 Å². The van der Waals surface area contributed by atoms with Gasteiger partial charge in [0.25, 0.3) is 5.91 Å². The highest BCUT2D eigenvalue weighted by Crippen LogP contribution is 2.28. The first-order valence-electron chi connectivity index (χ1n) is 10.1. The number of pyridine rings is 1. The first-order valence-corrected chi connectivity index (χ1v) is 10.4. The number of amides is 1. The molecule has 8 nitrogen and oxygen atoms in total.